The monoisotopic (exact) mass is 392 g/mol. The third-order valence-electron chi connectivity index (χ3n) is 7.65. The molecule has 4 atom stereocenters. The smallest absolute Gasteiger partial charge is 0.391 e. The lowest BCUT2D eigenvalue weighted by atomic mass is 9.95. The van der Waals surface area contributed by atoms with E-state index < -0.39 is 8.56 Å². The van der Waals surface area contributed by atoms with Gasteiger partial charge in [-0.1, -0.05) is 52.7 Å². The fourth-order valence-electron chi connectivity index (χ4n) is 6.33. The molecule has 2 nitrogen and oxygen atoms in total. The van der Waals surface area contributed by atoms with Crippen molar-refractivity contribution in [1.29, 1.82) is 0 Å². The van der Waals surface area contributed by atoms with Gasteiger partial charge in [-0.3, -0.25) is 0 Å². The molecule has 156 valence electrons. The van der Waals surface area contributed by atoms with Crippen molar-refractivity contribution in [2.24, 2.45) is 23.7 Å². The first-order valence-corrected chi connectivity index (χ1v) is 13.4. The van der Waals surface area contributed by atoms with E-state index in [1.165, 1.54) is 38.5 Å². The SMILES string of the molecule is CCC1=C([Si](OC)(OC)C2=C(CC)C(CC)CC2CC)C(CC)CC1CC. The molecule has 0 N–H and O–H groups in total. The minimum Gasteiger partial charge on any atom is -0.391 e. The zero-order valence-corrected chi connectivity index (χ0v) is 20.3. The number of hydrogen-bond donors (Lipinski definition) is 0. The van der Waals surface area contributed by atoms with E-state index >= 15 is 0 Å². The molecule has 0 aromatic carbocycles. The molecular formula is C24H44O2Si. The predicted octanol–water partition coefficient (Wildman–Crippen LogP) is 7.13. The Labute approximate surface area is 170 Å². The highest BCUT2D eigenvalue weighted by Gasteiger charge is 2.55. The Bertz CT molecular complexity index is 513. The van der Waals surface area contributed by atoms with Crippen molar-refractivity contribution in [3.8, 4) is 0 Å². The van der Waals surface area contributed by atoms with Crippen molar-refractivity contribution in [3.05, 3.63) is 21.5 Å². The van der Waals surface area contributed by atoms with Gasteiger partial charge in [-0.25, -0.2) is 0 Å². The van der Waals surface area contributed by atoms with Gasteiger partial charge in [0.05, 0.1) is 0 Å². The van der Waals surface area contributed by atoms with E-state index in [9.17, 15) is 0 Å². The fraction of sp³-hybridized carbons (Fsp3) is 0.833. The molecule has 2 rings (SSSR count). The summed E-state index contributed by atoms with van der Waals surface area (Å²) in [5.41, 5.74) is 3.36. The van der Waals surface area contributed by atoms with Crippen LogP contribution in [0.4, 0.5) is 0 Å². The van der Waals surface area contributed by atoms with Crippen LogP contribution in [0.3, 0.4) is 0 Å². The lowest BCUT2D eigenvalue weighted by Crippen LogP contribution is -2.49. The van der Waals surface area contributed by atoms with E-state index in [-0.39, 0.29) is 0 Å². The molecule has 3 heteroatoms. The Morgan fingerprint density at radius 1 is 0.630 bits per heavy atom. The minimum atomic E-state index is -2.57. The molecule has 0 aliphatic heterocycles. The zero-order valence-electron chi connectivity index (χ0n) is 19.3. The van der Waals surface area contributed by atoms with E-state index in [0.29, 0.717) is 11.8 Å². The molecule has 0 heterocycles. The van der Waals surface area contributed by atoms with Crippen LogP contribution in [-0.4, -0.2) is 22.8 Å². The van der Waals surface area contributed by atoms with Crippen LogP contribution in [0.1, 0.15) is 92.9 Å². The highest BCUT2D eigenvalue weighted by atomic mass is 28.4. The Morgan fingerprint density at radius 3 is 1.19 bits per heavy atom. The Morgan fingerprint density at radius 2 is 0.963 bits per heavy atom. The van der Waals surface area contributed by atoms with Gasteiger partial charge in [-0.15, -0.1) is 0 Å². The van der Waals surface area contributed by atoms with Crippen molar-refractivity contribution in [2.45, 2.75) is 92.9 Å². The average molecular weight is 393 g/mol. The molecule has 4 unspecified atom stereocenters. The summed E-state index contributed by atoms with van der Waals surface area (Å²) < 4.78 is 13.1. The first kappa shape index (κ1) is 22.9. The van der Waals surface area contributed by atoms with Crippen LogP contribution in [0.5, 0.6) is 0 Å². The molecular weight excluding hydrogens is 348 g/mol. The summed E-state index contributed by atoms with van der Waals surface area (Å²) in [6.45, 7) is 14.1. The van der Waals surface area contributed by atoms with Crippen LogP contribution in [0.25, 0.3) is 0 Å². The lowest BCUT2D eigenvalue weighted by Gasteiger charge is -2.37. The molecule has 0 saturated heterocycles. The van der Waals surface area contributed by atoms with Gasteiger partial charge in [0.2, 0.25) is 0 Å². The molecule has 0 fully saturated rings. The normalized spacial score (nSPS) is 29.3. The summed E-state index contributed by atoms with van der Waals surface area (Å²) in [5, 5.41) is 3.25. The minimum absolute atomic E-state index is 0.639. The quantitative estimate of drug-likeness (QED) is 0.368. The third-order valence-corrected chi connectivity index (χ3v) is 11.7. The van der Waals surface area contributed by atoms with E-state index in [1.807, 2.05) is 14.2 Å². The Kier molecular flexibility index (Phi) is 8.39. The standard InChI is InChI=1S/C24H44O2Si/c1-9-17-15-19(11-3)23(21(17)13-5)27(25-7,26-8)24-20(12-4)16-18(10-2)22(24)14-6/h17-20H,9-16H2,1-8H3. The van der Waals surface area contributed by atoms with Crippen LogP contribution in [-0.2, 0) is 8.85 Å². The number of rotatable bonds is 10. The van der Waals surface area contributed by atoms with Gasteiger partial charge in [-0.05, 0) is 85.4 Å². The maximum atomic E-state index is 6.57. The maximum Gasteiger partial charge on any atom is 0.398 e. The van der Waals surface area contributed by atoms with Crippen LogP contribution in [0, 0.1) is 23.7 Å². The number of allylic oxidation sites excluding steroid dienone is 4. The highest BCUT2D eigenvalue weighted by molar-refractivity contribution is 6.82. The molecule has 0 bridgehead atoms. The summed E-state index contributed by atoms with van der Waals surface area (Å²) in [6, 6.07) is 0. The molecule has 0 amide bonds. The van der Waals surface area contributed by atoms with Crippen molar-refractivity contribution < 1.29 is 8.85 Å². The molecule has 2 aliphatic rings. The second kappa shape index (κ2) is 9.89. The van der Waals surface area contributed by atoms with Crippen molar-refractivity contribution >= 4 is 8.56 Å². The van der Waals surface area contributed by atoms with Crippen LogP contribution >= 0.6 is 0 Å². The van der Waals surface area contributed by atoms with Crippen LogP contribution in [0.15, 0.2) is 21.5 Å². The van der Waals surface area contributed by atoms with Crippen LogP contribution < -0.4 is 0 Å². The molecule has 0 aromatic heterocycles. The highest BCUT2D eigenvalue weighted by Crippen LogP contribution is 2.53. The van der Waals surface area contributed by atoms with E-state index in [4.69, 9.17) is 8.85 Å². The van der Waals surface area contributed by atoms with Gasteiger partial charge in [-0.2, -0.15) is 0 Å². The van der Waals surface area contributed by atoms with Gasteiger partial charge in [0.1, 0.15) is 0 Å². The molecule has 27 heavy (non-hydrogen) atoms. The Hall–Kier alpha value is -0.383. The Balaban J connectivity index is 2.75. The number of hydrogen-bond acceptors (Lipinski definition) is 2. The topological polar surface area (TPSA) is 18.5 Å². The van der Waals surface area contributed by atoms with Crippen LogP contribution in [0.2, 0.25) is 0 Å². The first-order valence-electron chi connectivity index (χ1n) is 11.6. The van der Waals surface area contributed by atoms with Gasteiger partial charge < -0.3 is 8.85 Å². The lowest BCUT2D eigenvalue weighted by molar-refractivity contribution is 0.251. The molecule has 0 saturated carbocycles. The van der Waals surface area contributed by atoms with Crippen molar-refractivity contribution in [1.82, 2.24) is 0 Å². The summed E-state index contributed by atoms with van der Waals surface area (Å²) in [7, 11) is 1.31. The largest absolute Gasteiger partial charge is 0.398 e. The second-order valence-corrected chi connectivity index (χ2v) is 11.6. The van der Waals surface area contributed by atoms with E-state index in [0.717, 1.165) is 24.7 Å². The van der Waals surface area contributed by atoms with E-state index in [1.54, 1.807) is 21.5 Å². The average Bonchev–Trinajstić information content (AvgIpc) is 3.27. The maximum absolute atomic E-state index is 6.57. The third kappa shape index (κ3) is 3.76. The van der Waals surface area contributed by atoms with Gasteiger partial charge >= 0.3 is 8.56 Å². The first-order chi connectivity index (χ1) is 13.0. The van der Waals surface area contributed by atoms with Gasteiger partial charge in [0, 0.05) is 14.2 Å². The molecule has 2 aliphatic carbocycles. The summed E-state index contributed by atoms with van der Waals surface area (Å²) >= 11 is 0. The summed E-state index contributed by atoms with van der Waals surface area (Å²) in [4.78, 5) is 0. The van der Waals surface area contributed by atoms with Gasteiger partial charge in [0.25, 0.3) is 0 Å². The van der Waals surface area contributed by atoms with Gasteiger partial charge in [0.15, 0.2) is 0 Å². The van der Waals surface area contributed by atoms with Crippen molar-refractivity contribution in [2.75, 3.05) is 14.2 Å². The zero-order chi connectivity index (χ0) is 20.2. The molecule has 0 radical (unpaired) electrons. The fourth-order valence-corrected chi connectivity index (χ4v) is 11.0. The summed E-state index contributed by atoms with van der Waals surface area (Å²) in [5.74, 6) is 2.73. The van der Waals surface area contributed by atoms with Crippen molar-refractivity contribution in [3.63, 3.8) is 0 Å². The predicted molar refractivity (Wildman–Crippen MR) is 119 cm³/mol. The molecule has 0 spiro atoms. The van der Waals surface area contributed by atoms with E-state index in [2.05, 4.69) is 41.5 Å². The molecule has 0 aromatic rings. The second-order valence-electron chi connectivity index (χ2n) is 8.50. The summed E-state index contributed by atoms with van der Waals surface area (Å²) in [6.07, 6.45) is 9.80.